The van der Waals surface area contributed by atoms with Gasteiger partial charge in [0.2, 0.25) is 5.39 Å². The second-order valence-electron chi connectivity index (χ2n) is 4.10. The lowest BCUT2D eigenvalue weighted by Gasteiger charge is -2.27. The Labute approximate surface area is 103 Å². The Kier molecular flexibility index (Phi) is 2.41. The minimum Gasteiger partial charge on any atom is -0.867 e. The highest BCUT2D eigenvalue weighted by Gasteiger charge is 2.31. The van der Waals surface area contributed by atoms with Gasteiger partial charge in [0.25, 0.3) is 0 Å². The van der Waals surface area contributed by atoms with Crippen LogP contribution < -0.4 is 5.11 Å². The fraction of sp³-hybridized carbons (Fsp3) is 0.0909. The average molecular weight is 266 g/mol. The maximum absolute atomic E-state index is 11.9. The summed E-state index contributed by atoms with van der Waals surface area (Å²) in [5, 5.41) is 20.8. The molecule has 2 aromatic rings. The monoisotopic (exact) mass is 266 g/mol. The molecule has 94 valence electrons. The second kappa shape index (κ2) is 3.49. The summed E-state index contributed by atoms with van der Waals surface area (Å²) in [4.78, 5) is 2.43. The van der Waals surface area contributed by atoms with E-state index >= 15 is 0 Å². The van der Waals surface area contributed by atoms with Crippen LogP contribution >= 0.6 is 0 Å². The van der Waals surface area contributed by atoms with Gasteiger partial charge < -0.3 is 14.2 Å². The Morgan fingerprint density at radius 1 is 1.28 bits per heavy atom. The van der Waals surface area contributed by atoms with Gasteiger partial charge >= 0.3 is 5.69 Å². The van der Waals surface area contributed by atoms with E-state index in [1.54, 1.807) is 12.1 Å². The van der Waals surface area contributed by atoms with Crippen LogP contribution in [-0.4, -0.2) is 19.6 Å². The highest BCUT2D eigenvalue weighted by atomic mass is 32.3. The molecular formula is C11H10N2O4S. The standard InChI is InChI=1S/C11H10N2O4S/c1-18(15,16,17)10-6-9(13-12)11(14)8-5-3-2-4-7(8)10/h2-6H,1H3,(H2-,14,15,16,17). The lowest BCUT2D eigenvalue weighted by molar-refractivity contribution is -0.264. The molecule has 0 aliphatic heterocycles. The van der Waals surface area contributed by atoms with Crippen molar-refractivity contribution in [1.82, 2.24) is 0 Å². The van der Waals surface area contributed by atoms with Gasteiger partial charge in [-0.3, -0.25) is 0 Å². The fourth-order valence-electron chi connectivity index (χ4n) is 1.76. The van der Waals surface area contributed by atoms with E-state index in [4.69, 9.17) is 5.39 Å². The quantitative estimate of drug-likeness (QED) is 0.768. The number of hydrogen-bond acceptors (Lipinski definition) is 3. The molecule has 2 aromatic carbocycles. The van der Waals surface area contributed by atoms with E-state index in [-0.39, 0.29) is 15.7 Å². The van der Waals surface area contributed by atoms with Crippen molar-refractivity contribution in [3.63, 3.8) is 0 Å². The third-order valence-corrected chi connectivity index (χ3v) is 3.90. The predicted octanol–water partition coefficient (Wildman–Crippen LogP) is 2.15. The Bertz CT molecular complexity index is 746. The van der Waals surface area contributed by atoms with Gasteiger partial charge in [0.05, 0.1) is 11.0 Å². The van der Waals surface area contributed by atoms with Gasteiger partial charge in [-0.15, -0.1) is 0 Å². The van der Waals surface area contributed by atoms with Crippen LogP contribution in [0.5, 0.6) is 5.75 Å². The lowest BCUT2D eigenvalue weighted by atomic mass is 10.1. The minimum absolute atomic E-state index is 0.103. The molecule has 18 heavy (non-hydrogen) atoms. The van der Waals surface area contributed by atoms with E-state index < -0.39 is 21.1 Å². The molecule has 0 radical (unpaired) electrons. The molecule has 7 heteroatoms. The molecule has 6 nitrogen and oxygen atoms in total. The van der Waals surface area contributed by atoms with E-state index in [1.165, 1.54) is 12.1 Å². The van der Waals surface area contributed by atoms with Gasteiger partial charge in [0.1, 0.15) is 9.63 Å². The first-order valence-electron chi connectivity index (χ1n) is 4.93. The van der Waals surface area contributed by atoms with Gasteiger partial charge in [-0.2, -0.15) is 0 Å². The van der Waals surface area contributed by atoms with Crippen LogP contribution in [0.4, 0.5) is 5.69 Å². The molecule has 0 aromatic heterocycles. The van der Waals surface area contributed by atoms with Crippen LogP contribution in [0.1, 0.15) is 0 Å². The molecule has 2 rings (SSSR count). The SMILES string of the molecule is CS(=O)(O)(O)c1cc([N+]#N)c([O-])c2ccccc12. The second-order valence-corrected chi connectivity index (χ2v) is 7.01. The summed E-state index contributed by atoms with van der Waals surface area (Å²) < 4.78 is 31.2. The number of diazo groups is 1. The topological polar surface area (TPSA) is 109 Å². The Balaban J connectivity index is 3.06. The molecule has 0 aliphatic rings. The first-order valence-corrected chi connectivity index (χ1v) is 7.21. The Morgan fingerprint density at radius 2 is 1.83 bits per heavy atom. The van der Waals surface area contributed by atoms with Crippen molar-refractivity contribution < 1.29 is 18.4 Å². The molecular weight excluding hydrogens is 256 g/mol. The van der Waals surface area contributed by atoms with Crippen molar-refractivity contribution in [2.45, 2.75) is 4.90 Å². The third kappa shape index (κ3) is 1.93. The van der Waals surface area contributed by atoms with Crippen LogP contribution in [-0.2, 0) is 9.63 Å². The van der Waals surface area contributed by atoms with Gasteiger partial charge in [0, 0.05) is 11.6 Å². The van der Waals surface area contributed by atoms with Gasteiger partial charge in [-0.05, 0) is 11.1 Å². The zero-order chi connectivity index (χ0) is 13.6. The molecule has 0 saturated carbocycles. The van der Waals surface area contributed by atoms with Crippen molar-refractivity contribution in [1.29, 1.82) is 5.39 Å². The number of benzene rings is 2. The number of hydrogen-bond donors (Lipinski definition) is 2. The molecule has 2 N–H and O–H groups in total. The molecule has 0 saturated heterocycles. The van der Waals surface area contributed by atoms with Crippen molar-refractivity contribution in [2.75, 3.05) is 6.26 Å². The Hall–Kier alpha value is -2.01. The summed E-state index contributed by atoms with van der Waals surface area (Å²) in [6.45, 7) is 0. The maximum atomic E-state index is 11.9. The minimum atomic E-state index is -5.04. The highest BCUT2D eigenvalue weighted by Crippen LogP contribution is 2.41. The van der Waals surface area contributed by atoms with E-state index in [0.29, 0.717) is 0 Å². The van der Waals surface area contributed by atoms with Crippen LogP contribution in [0.2, 0.25) is 0 Å². The van der Waals surface area contributed by atoms with Crippen molar-refractivity contribution in [3.8, 4) is 5.75 Å². The molecule has 0 fully saturated rings. The number of nitrogens with zero attached hydrogens (tertiary/aromatic N) is 2. The molecule has 0 aliphatic carbocycles. The summed E-state index contributed by atoms with van der Waals surface area (Å²) in [7, 11) is -5.04. The van der Waals surface area contributed by atoms with Crippen molar-refractivity contribution >= 4 is 26.1 Å². The molecule has 0 heterocycles. The maximum Gasteiger partial charge on any atom is 0.379 e. The highest BCUT2D eigenvalue weighted by molar-refractivity contribution is 8.09. The molecule has 0 spiro atoms. The first-order chi connectivity index (χ1) is 8.21. The summed E-state index contributed by atoms with van der Waals surface area (Å²) in [6, 6.07) is 6.92. The summed E-state index contributed by atoms with van der Waals surface area (Å²) in [6.07, 6.45) is 0.755. The smallest absolute Gasteiger partial charge is 0.379 e. The number of fused-ring (bicyclic) bond motifs is 1. The zero-order valence-corrected chi connectivity index (χ0v) is 10.2. The summed E-state index contributed by atoms with van der Waals surface area (Å²) >= 11 is 0. The average Bonchev–Trinajstić information content (AvgIpc) is 2.27. The summed E-state index contributed by atoms with van der Waals surface area (Å²) in [5.74, 6) is -0.576. The number of rotatable bonds is 1. The largest absolute Gasteiger partial charge is 0.867 e. The Morgan fingerprint density at radius 3 is 2.33 bits per heavy atom. The van der Waals surface area contributed by atoms with Gasteiger partial charge in [-0.1, -0.05) is 24.3 Å². The summed E-state index contributed by atoms with van der Waals surface area (Å²) in [5.41, 5.74) is -0.396. The van der Waals surface area contributed by atoms with Crippen LogP contribution in [0.3, 0.4) is 0 Å². The van der Waals surface area contributed by atoms with E-state index in [1.807, 2.05) is 0 Å². The normalized spacial score (nSPS) is 13.8. The van der Waals surface area contributed by atoms with Crippen LogP contribution in [0.15, 0.2) is 35.2 Å². The zero-order valence-electron chi connectivity index (χ0n) is 9.40. The van der Waals surface area contributed by atoms with Crippen LogP contribution in [0.25, 0.3) is 15.7 Å². The molecule has 0 amide bonds. The van der Waals surface area contributed by atoms with E-state index in [9.17, 15) is 18.4 Å². The van der Waals surface area contributed by atoms with Crippen molar-refractivity contribution in [3.05, 3.63) is 35.3 Å². The van der Waals surface area contributed by atoms with Gasteiger partial charge in [0.15, 0.2) is 4.98 Å². The fourth-order valence-corrected chi connectivity index (χ4v) is 2.83. The van der Waals surface area contributed by atoms with Crippen molar-refractivity contribution in [2.24, 2.45) is 0 Å². The predicted molar refractivity (Wildman–Crippen MR) is 65.7 cm³/mol. The molecule has 0 atom stereocenters. The molecule has 0 unspecified atom stereocenters. The third-order valence-electron chi connectivity index (χ3n) is 2.55. The lowest BCUT2D eigenvalue weighted by Crippen LogP contribution is -2.29. The van der Waals surface area contributed by atoms with E-state index in [0.717, 1.165) is 12.3 Å². The van der Waals surface area contributed by atoms with Crippen LogP contribution in [0, 0.1) is 5.39 Å². The van der Waals surface area contributed by atoms with Gasteiger partial charge in [-0.25, -0.2) is 4.21 Å². The molecule has 0 bridgehead atoms. The first kappa shape index (κ1) is 12.4. The van der Waals surface area contributed by atoms with E-state index in [2.05, 4.69) is 4.98 Å².